The van der Waals surface area contributed by atoms with E-state index in [0.29, 0.717) is 6.04 Å². The molecule has 1 aliphatic rings. The first-order valence-electron chi connectivity index (χ1n) is 7.20. The van der Waals surface area contributed by atoms with Gasteiger partial charge in [0.2, 0.25) is 5.89 Å². The zero-order chi connectivity index (χ0) is 13.8. The molecular formula is C16H21N3O. The first-order valence-corrected chi connectivity index (χ1v) is 7.20. The molecule has 2 heterocycles. The van der Waals surface area contributed by atoms with E-state index < -0.39 is 0 Å². The molecule has 1 aliphatic heterocycles. The van der Waals surface area contributed by atoms with E-state index in [1.807, 2.05) is 6.92 Å². The second-order valence-corrected chi connectivity index (χ2v) is 5.45. The summed E-state index contributed by atoms with van der Waals surface area (Å²) in [4.78, 5) is 6.71. The molecule has 0 radical (unpaired) electrons. The highest BCUT2D eigenvalue weighted by molar-refractivity contribution is 5.14. The fourth-order valence-electron chi connectivity index (χ4n) is 2.70. The van der Waals surface area contributed by atoms with Gasteiger partial charge in [-0.3, -0.25) is 4.90 Å². The van der Waals surface area contributed by atoms with Crippen molar-refractivity contribution < 1.29 is 4.42 Å². The topological polar surface area (TPSA) is 41.3 Å². The lowest BCUT2D eigenvalue weighted by Gasteiger charge is -2.16. The van der Waals surface area contributed by atoms with Crippen LogP contribution in [-0.2, 0) is 13.1 Å². The lowest BCUT2D eigenvalue weighted by atomic mass is 10.2. The summed E-state index contributed by atoms with van der Waals surface area (Å²) in [6.07, 6.45) is 2.96. The zero-order valence-corrected chi connectivity index (χ0v) is 11.9. The number of aromatic nitrogens is 1. The molecule has 1 aromatic heterocycles. The molecule has 4 heteroatoms. The number of nitrogens with one attached hydrogen (secondary N) is 1. The highest BCUT2D eigenvalue weighted by Gasteiger charge is 2.22. The number of benzene rings is 1. The van der Waals surface area contributed by atoms with Crippen molar-refractivity contribution in [3.8, 4) is 0 Å². The molecule has 3 rings (SSSR count). The van der Waals surface area contributed by atoms with Crippen LogP contribution in [0.4, 0.5) is 0 Å². The third kappa shape index (κ3) is 3.46. The number of aryl methyl sites for hydroxylation is 1. The van der Waals surface area contributed by atoms with Crippen LogP contribution in [0.15, 0.2) is 40.9 Å². The van der Waals surface area contributed by atoms with Crippen molar-refractivity contribution in [2.75, 3.05) is 13.1 Å². The van der Waals surface area contributed by atoms with Gasteiger partial charge in [0.1, 0.15) is 5.76 Å². The van der Waals surface area contributed by atoms with E-state index in [1.54, 1.807) is 6.20 Å². The van der Waals surface area contributed by atoms with Crippen molar-refractivity contribution in [1.29, 1.82) is 0 Å². The Hall–Kier alpha value is -1.65. The third-order valence-corrected chi connectivity index (χ3v) is 3.73. The number of rotatable bonds is 5. The van der Waals surface area contributed by atoms with Crippen LogP contribution < -0.4 is 5.32 Å². The molecule has 1 unspecified atom stereocenters. The molecule has 106 valence electrons. The van der Waals surface area contributed by atoms with Gasteiger partial charge in [-0.05, 0) is 18.9 Å². The summed E-state index contributed by atoms with van der Waals surface area (Å²) in [7, 11) is 0. The molecule has 1 aromatic carbocycles. The van der Waals surface area contributed by atoms with Crippen molar-refractivity contribution in [2.24, 2.45) is 0 Å². The first-order chi connectivity index (χ1) is 9.79. The van der Waals surface area contributed by atoms with E-state index in [1.165, 1.54) is 12.0 Å². The minimum atomic E-state index is 0.533. The minimum absolute atomic E-state index is 0.533. The van der Waals surface area contributed by atoms with Gasteiger partial charge in [-0.1, -0.05) is 30.3 Å². The highest BCUT2D eigenvalue weighted by atomic mass is 16.4. The monoisotopic (exact) mass is 271 g/mol. The molecule has 0 aliphatic carbocycles. The van der Waals surface area contributed by atoms with Crippen molar-refractivity contribution in [3.05, 3.63) is 53.7 Å². The summed E-state index contributed by atoms with van der Waals surface area (Å²) < 4.78 is 5.48. The summed E-state index contributed by atoms with van der Waals surface area (Å²) in [5.74, 6) is 1.66. The van der Waals surface area contributed by atoms with Gasteiger partial charge in [-0.25, -0.2) is 4.98 Å². The second kappa shape index (κ2) is 6.20. The highest BCUT2D eigenvalue weighted by Crippen LogP contribution is 2.14. The molecule has 0 bridgehead atoms. The molecule has 20 heavy (non-hydrogen) atoms. The average molecular weight is 271 g/mol. The molecule has 1 saturated heterocycles. The first kappa shape index (κ1) is 13.3. The Morgan fingerprint density at radius 1 is 1.35 bits per heavy atom. The maximum Gasteiger partial charge on any atom is 0.208 e. The quantitative estimate of drug-likeness (QED) is 0.906. The van der Waals surface area contributed by atoms with E-state index in [9.17, 15) is 0 Å². The predicted molar refractivity (Wildman–Crippen MR) is 78.2 cm³/mol. The molecule has 0 spiro atoms. The number of nitrogens with zero attached hydrogens (tertiary/aromatic N) is 2. The molecule has 4 nitrogen and oxygen atoms in total. The summed E-state index contributed by atoms with van der Waals surface area (Å²) in [5.41, 5.74) is 1.39. The Labute approximate surface area is 119 Å². The van der Waals surface area contributed by atoms with Gasteiger partial charge in [0, 0.05) is 25.7 Å². The van der Waals surface area contributed by atoms with Gasteiger partial charge < -0.3 is 9.73 Å². The molecule has 1 atom stereocenters. The van der Waals surface area contributed by atoms with E-state index in [-0.39, 0.29) is 0 Å². The molecule has 2 aromatic rings. The number of hydrogen-bond donors (Lipinski definition) is 1. The van der Waals surface area contributed by atoms with Gasteiger partial charge >= 0.3 is 0 Å². The van der Waals surface area contributed by atoms with E-state index in [2.05, 4.69) is 45.5 Å². The van der Waals surface area contributed by atoms with Crippen molar-refractivity contribution in [2.45, 2.75) is 32.5 Å². The van der Waals surface area contributed by atoms with Crippen LogP contribution in [0, 0.1) is 6.92 Å². The van der Waals surface area contributed by atoms with Crippen molar-refractivity contribution in [1.82, 2.24) is 15.2 Å². The van der Waals surface area contributed by atoms with Gasteiger partial charge in [0.25, 0.3) is 0 Å². The van der Waals surface area contributed by atoms with Crippen LogP contribution >= 0.6 is 0 Å². The number of likely N-dealkylation sites (tertiary alicyclic amines) is 1. The van der Waals surface area contributed by atoms with Gasteiger partial charge in [-0.15, -0.1) is 0 Å². The lowest BCUT2D eigenvalue weighted by Crippen LogP contribution is -2.32. The fourth-order valence-corrected chi connectivity index (χ4v) is 2.70. The van der Waals surface area contributed by atoms with Gasteiger partial charge in [0.05, 0.1) is 12.7 Å². The zero-order valence-electron chi connectivity index (χ0n) is 11.9. The van der Waals surface area contributed by atoms with Gasteiger partial charge in [-0.2, -0.15) is 0 Å². The number of hydrogen-bond acceptors (Lipinski definition) is 4. The molecular weight excluding hydrogens is 250 g/mol. The lowest BCUT2D eigenvalue weighted by molar-refractivity contribution is 0.317. The average Bonchev–Trinajstić information content (AvgIpc) is 3.07. The smallest absolute Gasteiger partial charge is 0.208 e. The molecule has 0 amide bonds. The maximum atomic E-state index is 5.48. The minimum Gasteiger partial charge on any atom is -0.445 e. The Morgan fingerprint density at radius 2 is 2.20 bits per heavy atom. The molecule has 1 N–H and O–H groups in total. The summed E-state index contributed by atoms with van der Waals surface area (Å²) in [5, 5.41) is 3.53. The third-order valence-electron chi connectivity index (χ3n) is 3.73. The summed E-state index contributed by atoms with van der Waals surface area (Å²) >= 11 is 0. The predicted octanol–water partition coefficient (Wildman–Crippen LogP) is 2.35. The van der Waals surface area contributed by atoms with Crippen LogP contribution in [0.2, 0.25) is 0 Å². The molecule has 0 saturated carbocycles. The van der Waals surface area contributed by atoms with E-state index in [0.717, 1.165) is 37.8 Å². The van der Waals surface area contributed by atoms with Crippen LogP contribution in [0.25, 0.3) is 0 Å². The molecule has 1 fully saturated rings. The van der Waals surface area contributed by atoms with Crippen LogP contribution in [0.3, 0.4) is 0 Å². The Balaban J connectivity index is 1.45. The summed E-state index contributed by atoms with van der Waals surface area (Å²) in [6, 6.07) is 11.2. The van der Waals surface area contributed by atoms with Gasteiger partial charge in [0.15, 0.2) is 0 Å². The van der Waals surface area contributed by atoms with Crippen LogP contribution in [-0.4, -0.2) is 29.0 Å². The summed E-state index contributed by atoms with van der Waals surface area (Å²) in [6.45, 7) is 5.92. The number of oxazole rings is 1. The van der Waals surface area contributed by atoms with Crippen LogP contribution in [0.5, 0.6) is 0 Å². The Kier molecular flexibility index (Phi) is 4.14. The maximum absolute atomic E-state index is 5.48. The van der Waals surface area contributed by atoms with E-state index >= 15 is 0 Å². The Bertz CT molecular complexity index is 538. The normalized spacial score (nSPS) is 19.6. The van der Waals surface area contributed by atoms with Crippen molar-refractivity contribution in [3.63, 3.8) is 0 Å². The fraction of sp³-hybridized carbons (Fsp3) is 0.438. The van der Waals surface area contributed by atoms with Crippen molar-refractivity contribution >= 4 is 0 Å². The standard InChI is InChI=1S/C16H21N3O/c1-13-9-18-16(20-13)10-17-15-7-8-19(12-15)11-14-5-3-2-4-6-14/h2-6,9,15,17H,7-8,10-12H2,1H3. The Morgan fingerprint density at radius 3 is 2.95 bits per heavy atom. The largest absolute Gasteiger partial charge is 0.445 e. The SMILES string of the molecule is Cc1cnc(CNC2CCN(Cc3ccccc3)C2)o1. The van der Waals surface area contributed by atoms with Crippen LogP contribution in [0.1, 0.15) is 23.6 Å². The second-order valence-electron chi connectivity index (χ2n) is 5.45. The van der Waals surface area contributed by atoms with E-state index in [4.69, 9.17) is 4.42 Å².